The van der Waals surface area contributed by atoms with Gasteiger partial charge >= 0.3 is 0 Å². The molecule has 1 heterocycles. The zero-order valence-electron chi connectivity index (χ0n) is 8.77. The molecule has 3 heteroatoms. The summed E-state index contributed by atoms with van der Waals surface area (Å²) in [5, 5.41) is 4.27. The summed E-state index contributed by atoms with van der Waals surface area (Å²) < 4.78 is 1.65. The van der Waals surface area contributed by atoms with Crippen LogP contribution in [0.1, 0.15) is 21.7 Å². The monoisotopic (exact) mass is 200 g/mol. The first-order chi connectivity index (χ1) is 7.20. The minimum atomic E-state index is 0.580. The third kappa shape index (κ3) is 1.81. The number of hydrogen-bond acceptors (Lipinski definition) is 2. The summed E-state index contributed by atoms with van der Waals surface area (Å²) in [6, 6.07) is 9.68. The van der Waals surface area contributed by atoms with E-state index >= 15 is 0 Å². The summed E-state index contributed by atoms with van der Waals surface area (Å²) in [6.07, 6.45) is 0.819. The van der Waals surface area contributed by atoms with Crippen LogP contribution in [0.4, 0.5) is 0 Å². The molecule has 0 radical (unpaired) electrons. The lowest BCUT2D eigenvalue weighted by atomic mass is 10.2. The van der Waals surface area contributed by atoms with Crippen molar-refractivity contribution in [3.63, 3.8) is 0 Å². The minimum absolute atomic E-state index is 0.580. The van der Waals surface area contributed by atoms with Crippen molar-refractivity contribution >= 4 is 6.29 Å². The normalized spacial score (nSPS) is 10.3. The minimum Gasteiger partial charge on any atom is -0.296 e. The van der Waals surface area contributed by atoms with Gasteiger partial charge in [0, 0.05) is 0 Å². The predicted octanol–water partition coefficient (Wildman–Crippen LogP) is 2.30. The van der Waals surface area contributed by atoms with Crippen LogP contribution in [0.5, 0.6) is 0 Å². The van der Waals surface area contributed by atoms with E-state index in [1.165, 1.54) is 5.56 Å². The lowest BCUT2D eigenvalue weighted by Gasteiger charge is -2.03. The molecule has 0 aliphatic carbocycles. The van der Waals surface area contributed by atoms with E-state index < -0.39 is 0 Å². The Bertz CT molecular complexity index is 483. The average molecular weight is 200 g/mol. The molecule has 2 rings (SSSR count). The second kappa shape index (κ2) is 3.69. The smallest absolute Gasteiger partial charge is 0.168 e. The van der Waals surface area contributed by atoms with Gasteiger partial charge in [-0.15, -0.1) is 0 Å². The van der Waals surface area contributed by atoms with Crippen LogP contribution < -0.4 is 0 Å². The molecule has 0 bridgehead atoms. The van der Waals surface area contributed by atoms with Gasteiger partial charge in [0.25, 0.3) is 0 Å². The highest BCUT2D eigenvalue weighted by Crippen LogP contribution is 2.11. The fourth-order valence-electron chi connectivity index (χ4n) is 1.50. The largest absolute Gasteiger partial charge is 0.296 e. The number of benzene rings is 1. The molecule has 0 atom stereocenters. The second-order valence-corrected chi connectivity index (χ2v) is 3.58. The highest BCUT2D eigenvalue weighted by Gasteiger charge is 2.05. The molecule has 0 aliphatic heterocycles. The first kappa shape index (κ1) is 9.65. The molecule has 2 aromatic rings. The van der Waals surface area contributed by atoms with E-state index in [1.807, 2.05) is 38.1 Å². The molecule has 0 N–H and O–H groups in total. The van der Waals surface area contributed by atoms with Gasteiger partial charge in [-0.1, -0.05) is 17.7 Å². The summed E-state index contributed by atoms with van der Waals surface area (Å²) in [5.41, 5.74) is 3.53. The van der Waals surface area contributed by atoms with Crippen molar-refractivity contribution in [1.82, 2.24) is 9.78 Å². The number of hydrogen-bond donors (Lipinski definition) is 0. The van der Waals surface area contributed by atoms with Crippen molar-refractivity contribution in [3.05, 3.63) is 47.3 Å². The third-order valence-electron chi connectivity index (χ3n) is 2.26. The lowest BCUT2D eigenvalue weighted by Crippen LogP contribution is -2.00. The fraction of sp³-hybridized carbons (Fsp3) is 0.167. The van der Waals surface area contributed by atoms with Crippen LogP contribution in [0, 0.1) is 13.8 Å². The number of nitrogens with zero attached hydrogens (tertiary/aromatic N) is 2. The quantitative estimate of drug-likeness (QED) is 0.697. The zero-order chi connectivity index (χ0) is 10.8. The first-order valence-electron chi connectivity index (χ1n) is 4.79. The molecule has 0 saturated carbocycles. The summed E-state index contributed by atoms with van der Waals surface area (Å²) in [6.45, 7) is 3.90. The Balaban J connectivity index is 2.52. The van der Waals surface area contributed by atoms with Gasteiger partial charge in [0.1, 0.15) is 5.69 Å². The van der Waals surface area contributed by atoms with Crippen molar-refractivity contribution in [2.75, 3.05) is 0 Å². The van der Waals surface area contributed by atoms with Crippen LogP contribution >= 0.6 is 0 Å². The maximum atomic E-state index is 10.8. The van der Waals surface area contributed by atoms with Crippen LogP contribution in [0.15, 0.2) is 30.3 Å². The molecule has 76 valence electrons. The molecule has 0 fully saturated rings. The molecule has 1 aromatic heterocycles. The van der Waals surface area contributed by atoms with Gasteiger partial charge in [0.05, 0.1) is 11.4 Å². The van der Waals surface area contributed by atoms with E-state index in [1.54, 1.807) is 10.7 Å². The molecule has 0 unspecified atom stereocenters. The highest BCUT2D eigenvalue weighted by molar-refractivity contribution is 5.73. The molecule has 0 spiro atoms. The Morgan fingerprint density at radius 3 is 2.47 bits per heavy atom. The predicted molar refractivity (Wildman–Crippen MR) is 58.4 cm³/mol. The van der Waals surface area contributed by atoms with Crippen molar-refractivity contribution in [1.29, 1.82) is 0 Å². The van der Waals surface area contributed by atoms with Gasteiger partial charge in [-0.2, -0.15) is 5.10 Å². The standard InChI is InChI=1S/C12H12N2O/c1-9-3-5-11(6-4-9)14-12(8-15)7-10(2)13-14/h3-8H,1-2H3. The topological polar surface area (TPSA) is 34.9 Å². The number of carbonyl (C=O) groups excluding carboxylic acids is 1. The fourth-order valence-corrected chi connectivity index (χ4v) is 1.50. The number of rotatable bonds is 2. The van der Waals surface area contributed by atoms with E-state index in [2.05, 4.69) is 5.10 Å². The van der Waals surface area contributed by atoms with Crippen LogP contribution in [-0.2, 0) is 0 Å². The molecule has 3 nitrogen and oxygen atoms in total. The summed E-state index contributed by atoms with van der Waals surface area (Å²) >= 11 is 0. The van der Waals surface area contributed by atoms with Crippen molar-refractivity contribution < 1.29 is 4.79 Å². The molecule has 15 heavy (non-hydrogen) atoms. The first-order valence-corrected chi connectivity index (χ1v) is 4.79. The Morgan fingerprint density at radius 1 is 1.20 bits per heavy atom. The molecule has 0 saturated heterocycles. The third-order valence-corrected chi connectivity index (χ3v) is 2.26. The average Bonchev–Trinajstić information content (AvgIpc) is 2.61. The molecule has 1 aromatic carbocycles. The zero-order valence-corrected chi connectivity index (χ0v) is 8.77. The van der Waals surface area contributed by atoms with E-state index in [0.29, 0.717) is 5.69 Å². The maximum Gasteiger partial charge on any atom is 0.168 e. The molecular formula is C12H12N2O. The molecule has 0 aliphatic rings. The van der Waals surface area contributed by atoms with E-state index in [-0.39, 0.29) is 0 Å². The molecular weight excluding hydrogens is 188 g/mol. The van der Waals surface area contributed by atoms with Gasteiger partial charge < -0.3 is 0 Å². The number of aryl methyl sites for hydroxylation is 2. The van der Waals surface area contributed by atoms with Crippen LogP contribution in [-0.4, -0.2) is 16.1 Å². The van der Waals surface area contributed by atoms with Gasteiger partial charge in [-0.3, -0.25) is 4.79 Å². The number of aldehydes is 1. The van der Waals surface area contributed by atoms with E-state index in [9.17, 15) is 4.79 Å². The van der Waals surface area contributed by atoms with Crippen molar-refractivity contribution in [3.8, 4) is 5.69 Å². The maximum absolute atomic E-state index is 10.8. The van der Waals surface area contributed by atoms with Gasteiger partial charge in [-0.05, 0) is 32.0 Å². The summed E-state index contributed by atoms with van der Waals surface area (Å²) in [4.78, 5) is 10.8. The highest BCUT2D eigenvalue weighted by atomic mass is 16.1. The summed E-state index contributed by atoms with van der Waals surface area (Å²) in [5.74, 6) is 0. The number of aromatic nitrogens is 2. The SMILES string of the molecule is Cc1ccc(-n2nc(C)cc2C=O)cc1. The van der Waals surface area contributed by atoms with Gasteiger partial charge in [0.15, 0.2) is 6.29 Å². The van der Waals surface area contributed by atoms with E-state index in [4.69, 9.17) is 0 Å². The van der Waals surface area contributed by atoms with Crippen molar-refractivity contribution in [2.24, 2.45) is 0 Å². The molecule has 0 amide bonds. The number of carbonyl (C=O) groups is 1. The van der Waals surface area contributed by atoms with Gasteiger partial charge in [0.2, 0.25) is 0 Å². The Hall–Kier alpha value is -1.90. The van der Waals surface area contributed by atoms with E-state index in [0.717, 1.165) is 17.7 Å². The second-order valence-electron chi connectivity index (χ2n) is 3.58. The lowest BCUT2D eigenvalue weighted by molar-refractivity contribution is 0.111. The van der Waals surface area contributed by atoms with Crippen molar-refractivity contribution in [2.45, 2.75) is 13.8 Å². The van der Waals surface area contributed by atoms with Crippen LogP contribution in [0.3, 0.4) is 0 Å². The Morgan fingerprint density at radius 2 is 1.87 bits per heavy atom. The van der Waals surface area contributed by atoms with Crippen LogP contribution in [0.2, 0.25) is 0 Å². The Labute approximate surface area is 88.4 Å². The summed E-state index contributed by atoms with van der Waals surface area (Å²) in [7, 11) is 0. The van der Waals surface area contributed by atoms with Crippen LogP contribution in [0.25, 0.3) is 5.69 Å². The van der Waals surface area contributed by atoms with Gasteiger partial charge in [-0.25, -0.2) is 4.68 Å². The Kier molecular flexibility index (Phi) is 2.37.